The van der Waals surface area contributed by atoms with Gasteiger partial charge in [0.2, 0.25) is 0 Å². The number of nitriles is 1. The van der Waals surface area contributed by atoms with Gasteiger partial charge in [0.25, 0.3) is 0 Å². The molecule has 2 aromatic rings. The second kappa shape index (κ2) is 6.89. The first kappa shape index (κ1) is 16.4. The van der Waals surface area contributed by atoms with Crippen molar-refractivity contribution in [1.29, 1.82) is 5.26 Å². The van der Waals surface area contributed by atoms with E-state index in [1.165, 1.54) is 14.0 Å². The van der Waals surface area contributed by atoms with Gasteiger partial charge in [0.1, 0.15) is 11.3 Å². The van der Waals surface area contributed by atoms with Crippen LogP contribution in [-0.2, 0) is 19.7 Å². The van der Waals surface area contributed by atoms with Gasteiger partial charge in [-0.3, -0.25) is 9.59 Å². The van der Waals surface area contributed by atoms with Gasteiger partial charge in [0.15, 0.2) is 5.78 Å². The van der Waals surface area contributed by atoms with Crippen molar-refractivity contribution < 1.29 is 14.3 Å². The smallest absolute Gasteiger partial charge is 0.323 e. The van der Waals surface area contributed by atoms with Crippen molar-refractivity contribution in [3.63, 3.8) is 0 Å². The van der Waals surface area contributed by atoms with Crippen LogP contribution in [-0.4, -0.2) is 18.9 Å². The molecule has 0 saturated carbocycles. The van der Waals surface area contributed by atoms with Crippen LogP contribution < -0.4 is 0 Å². The van der Waals surface area contributed by atoms with E-state index in [1.807, 2.05) is 6.07 Å². The number of benzene rings is 2. The lowest BCUT2D eigenvalue weighted by Crippen LogP contribution is -2.44. The Morgan fingerprint density at radius 2 is 1.57 bits per heavy atom. The number of hydrogen-bond donors (Lipinski definition) is 0. The molecule has 116 valence electrons. The fourth-order valence-corrected chi connectivity index (χ4v) is 2.56. The highest BCUT2D eigenvalue weighted by atomic mass is 16.5. The molecule has 0 saturated heterocycles. The Hall–Kier alpha value is -2.93. The molecule has 23 heavy (non-hydrogen) atoms. The number of methoxy groups -OCH3 is 1. The maximum atomic E-state index is 13.1. The van der Waals surface area contributed by atoms with Gasteiger partial charge in [-0.2, -0.15) is 5.26 Å². The molecule has 2 aromatic carbocycles. The quantitative estimate of drug-likeness (QED) is 0.629. The number of hydrogen-bond acceptors (Lipinski definition) is 4. The van der Waals surface area contributed by atoms with Crippen molar-refractivity contribution >= 4 is 11.8 Å². The minimum absolute atomic E-state index is 0.496. The molecule has 0 aliphatic rings. The summed E-state index contributed by atoms with van der Waals surface area (Å²) in [6.45, 7) is 1.50. The number of rotatable bonds is 5. The van der Waals surface area contributed by atoms with Gasteiger partial charge in [-0.25, -0.2) is 0 Å². The van der Waals surface area contributed by atoms with E-state index < -0.39 is 23.1 Å². The summed E-state index contributed by atoms with van der Waals surface area (Å²) in [7, 11) is 1.24. The van der Waals surface area contributed by atoms with Crippen LogP contribution in [0.4, 0.5) is 0 Å². The molecule has 0 bridgehead atoms. The number of nitrogens with zero attached hydrogens (tertiary/aromatic N) is 1. The number of ketones is 1. The number of carbonyl (C=O) groups excluding carboxylic acids is 2. The summed E-state index contributed by atoms with van der Waals surface area (Å²) in [5.74, 6) is -2.21. The summed E-state index contributed by atoms with van der Waals surface area (Å²) in [5.41, 5.74) is -0.467. The molecule has 0 aliphatic heterocycles. The Bertz CT molecular complexity index is 734. The second-order valence-corrected chi connectivity index (χ2v) is 5.32. The Morgan fingerprint density at radius 3 is 2.04 bits per heavy atom. The van der Waals surface area contributed by atoms with Crippen LogP contribution >= 0.6 is 0 Å². The molecule has 0 fully saturated rings. The van der Waals surface area contributed by atoms with E-state index >= 15 is 0 Å². The molecule has 0 heterocycles. The monoisotopic (exact) mass is 307 g/mol. The molecule has 4 nitrogen and oxygen atoms in total. The molecule has 2 atom stereocenters. The molecule has 0 aliphatic carbocycles. The average molecular weight is 307 g/mol. The summed E-state index contributed by atoms with van der Waals surface area (Å²) in [6.07, 6.45) is 0. The van der Waals surface area contributed by atoms with Crippen LogP contribution in [0.1, 0.15) is 24.0 Å². The molecular formula is C19H17NO3. The summed E-state index contributed by atoms with van der Waals surface area (Å²) in [4.78, 5) is 25.4. The predicted octanol–water partition coefficient (Wildman–Crippen LogP) is 2.99. The number of Topliss-reactive ketones (excluding diaryl/α,β-unsaturated/α-hetero) is 1. The Balaban J connectivity index is 2.54. The zero-order valence-electron chi connectivity index (χ0n) is 13.0. The third-order valence-corrected chi connectivity index (χ3v) is 3.96. The lowest BCUT2D eigenvalue weighted by atomic mass is 9.73. The van der Waals surface area contributed by atoms with Gasteiger partial charge in [-0.15, -0.1) is 0 Å². The highest BCUT2D eigenvalue weighted by molar-refractivity contribution is 6.12. The standard InChI is InChI=1S/C19H17NO3/c1-19(18(22)23-2,15-11-7-4-8-12-15)17(21)16(13-20)14-9-5-3-6-10-14/h3-12,16H,1-2H3/t16-,19-/m0/s1. The van der Waals surface area contributed by atoms with E-state index in [4.69, 9.17) is 4.74 Å². The summed E-state index contributed by atoms with van der Waals surface area (Å²) in [6, 6.07) is 19.4. The summed E-state index contributed by atoms with van der Waals surface area (Å²) in [5, 5.41) is 9.49. The van der Waals surface area contributed by atoms with Gasteiger partial charge in [0, 0.05) is 0 Å². The van der Waals surface area contributed by atoms with Gasteiger partial charge in [0.05, 0.1) is 13.2 Å². The minimum atomic E-state index is -1.54. The van der Waals surface area contributed by atoms with Gasteiger partial charge < -0.3 is 4.74 Å². The largest absolute Gasteiger partial charge is 0.468 e. The van der Waals surface area contributed by atoms with Crippen LogP contribution in [0.25, 0.3) is 0 Å². The fraction of sp³-hybridized carbons (Fsp3) is 0.211. The number of esters is 1. The number of carbonyl (C=O) groups is 2. The lowest BCUT2D eigenvalue weighted by molar-refractivity contribution is -0.151. The van der Waals surface area contributed by atoms with E-state index in [0.29, 0.717) is 11.1 Å². The predicted molar refractivity (Wildman–Crippen MR) is 85.6 cm³/mol. The highest BCUT2D eigenvalue weighted by Gasteiger charge is 2.47. The number of ether oxygens (including phenoxy) is 1. The molecule has 0 unspecified atom stereocenters. The third kappa shape index (κ3) is 3.00. The van der Waals surface area contributed by atoms with Crippen molar-refractivity contribution in [2.45, 2.75) is 18.3 Å². The van der Waals surface area contributed by atoms with Gasteiger partial charge in [-0.05, 0) is 18.1 Å². The first-order chi connectivity index (χ1) is 11.1. The molecule has 0 N–H and O–H groups in total. The molecule has 0 aromatic heterocycles. The first-order valence-corrected chi connectivity index (χ1v) is 7.18. The molecule has 0 spiro atoms. The van der Waals surface area contributed by atoms with Crippen molar-refractivity contribution in [1.82, 2.24) is 0 Å². The van der Waals surface area contributed by atoms with Crippen LogP contribution in [0.5, 0.6) is 0 Å². The third-order valence-electron chi connectivity index (χ3n) is 3.96. The lowest BCUT2D eigenvalue weighted by Gasteiger charge is -2.27. The summed E-state index contributed by atoms with van der Waals surface area (Å²) < 4.78 is 4.85. The second-order valence-electron chi connectivity index (χ2n) is 5.32. The van der Waals surface area contributed by atoms with Crippen LogP contribution in [0.3, 0.4) is 0 Å². The minimum Gasteiger partial charge on any atom is -0.468 e. The van der Waals surface area contributed by atoms with Crippen molar-refractivity contribution in [3.8, 4) is 6.07 Å². The van der Waals surface area contributed by atoms with Gasteiger partial charge >= 0.3 is 5.97 Å². The zero-order valence-corrected chi connectivity index (χ0v) is 13.0. The van der Waals surface area contributed by atoms with Crippen molar-refractivity contribution in [2.75, 3.05) is 7.11 Å². The fourth-order valence-electron chi connectivity index (χ4n) is 2.56. The topological polar surface area (TPSA) is 67.2 Å². The van der Waals surface area contributed by atoms with E-state index in [2.05, 4.69) is 0 Å². The van der Waals surface area contributed by atoms with E-state index in [9.17, 15) is 14.9 Å². The highest BCUT2D eigenvalue weighted by Crippen LogP contribution is 2.33. The maximum Gasteiger partial charge on any atom is 0.323 e. The van der Waals surface area contributed by atoms with Crippen LogP contribution in [0.15, 0.2) is 60.7 Å². The molecular weight excluding hydrogens is 290 g/mol. The summed E-state index contributed by atoms with van der Waals surface area (Å²) >= 11 is 0. The molecule has 0 amide bonds. The zero-order chi connectivity index (χ0) is 16.9. The van der Waals surface area contributed by atoms with Crippen molar-refractivity contribution in [2.24, 2.45) is 0 Å². The Kier molecular flexibility index (Phi) is 4.92. The first-order valence-electron chi connectivity index (χ1n) is 7.18. The Labute approximate surface area is 135 Å². The van der Waals surface area contributed by atoms with Crippen LogP contribution in [0, 0.1) is 11.3 Å². The van der Waals surface area contributed by atoms with Crippen molar-refractivity contribution in [3.05, 3.63) is 71.8 Å². The van der Waals surface area contributed by atoms with E-state index in [0.717, 1.165) is 0 Å². The van der Waals surface area contributed by atoms with E-state index in [-0.39, 0.29) is 0 Å². The average Bonchev–Trinajstić information content (AvgIpc) is 2.62. The maximum absolute atomic E-state index is 13.1. The SMILES string of the molecule is COC(=O)[C@](C)(C(=O)[C@@H](C#N)c1ccccc1)c1ccccc1. The molecule has 0 radical (unpaired) electrons. The normalized spacial score (nSPS) is 14.1. The molecule has 4 heteroatoms. The van der Waals surface area contributed by atoms with E-state index in [1.54, 1.807) is 60.7 Å². The van der Waals surface area contributed by atoms with Crippen LogP contribution in [0.2, 0.25) is 0 Å². The Morgan fingerprint density at radius 1 is 1.04 bits per heavy atom. The molecule has 2 rings (SSSR count). The van der Waals surface area contributed by atoms with Gasteiger partial charge in [-0.1, -0.05) is 60.7 Å².